The van der Waals surface area contributed by atoms with Gasteiger partial charge in [0, 0.05) is 37.0 Å². The van der Waals surface area contributed by atoms with Crippen molar-refractivity contribution in [3.63, 3.8) is 0 Å². The van der Waals surface area contributed by atoms with Gasteiger partial charge in [-0.2, -0.15) is 0 Å². The zero-order valence-electron chi connectivity index (χ0n) is 18.8. The second-order valence-corrected chi connectivity index (χ2v) is 10.7. The largest absolute Gasteiger partial charge is 0.379 e. The lowest BCUT2D eigenvalue weighted by atomic mass is 10.1. The fourth-order valence-corrected chi connectivity index (χ4v) is 4.85. The third-order valence-corrected chi connectivity index (χ3v) is 7.46. The SMILES string of the molecule is CSc1ccc(S(=O)(=O)NCc2ccc(CN3CCOCC3)cc2)cc1NC(=O)C(C)C. The summed E-state index contributed by atoms with van der Waals surface area (Å²) in [5, 5.41) is 2.82. The zero-order valence-corrected chi connectivity index (χ0v) is 20.4. The highest BCUT2D eigenvalue weighted by Gasteiger charge is 2.18. The van der Waals surface area contributed by atoms with Crippen molar-refractivity contribution in [1.82, 2.24) is 9.62 Å². The summed E-state index contributed by atoms with van der Waals surface area (Å²) in [5.74, 6) is -0.353. The van der Waals surface area contributed by atoms with E-state index in [-0.39, 0.29) is 23.3 Å². The zero-order chi connectivity index (χ0) is 23.1. The molecule has 0 atom stereocenters. The molecule has 7 nitrogen and oxygen atoms in total. The molecule has 0 radical (unpaired) electrons. The molecule has 32 heavy (non-hydrogen) atoms. The number of nitrogens with zero attached hydrogens (tertiary/aromatic N) is 1. The number of benzene rings is 2. The number of hydrogen-bond donors (Lipinski definition) is 2. The third-order valence-electron chi connectivity index (χ3n) is 5.26. The van der Waals surface area contributed by atoms with Crippen LogP contribution in [0.4, 0.5) is 5.69 Å². The van der Waals surface area contributed by atoms with Crippen molar-refractivity contribution in [2.75, 3.05) is 37.9 Å². The van der Waals surface area contributed by atoms with Crippen molar-refractivity contribution < 1.29 is 17.9 Å². The number of ether oxygens (including phenoxy) is 1. The van der Waals surface area contributed by atoms with Gasteiger partial charge in [0.2, 0.25) is 15.9 Å². The minimum Gasteiger partial charge on any atom is -0.379 e. The van der Waals surface area contributed by atoms with Crippen molar-refractivity contribution in [3.8, 4) is 0 Å². The number of carbonyl (C=O) groups is 1. The molecule has 0 unspecified atom stereocenters. The minimum absolute atomic E-state index is 0.123. The lowest BCUT2D eigenvalue weighted by molar-refractivity contribution is -0.118. The first kappa shape index (κ1) is 24.7. The Labute approximate surface area is 195 Å². The van der Waals surface area contributed by atoms with Crippen LogP contribution in [0.1, 0.15) is 25.0 Å². The molecule has 0 saturated carbocycles. The molecule has 1 aliphatic heterocycles. The monoisotopic (exact) mass is 477 g/mol. The van der Waals surface area contributed by atoms with Crippen LogP contribution in [0.5, 0.6) is 0 Å². The van der Waals surface area contributed by atoms with Crippen LogP contribution >= 0.6 is 11.8 Å². The van der Waals surface area contributed by atoms with E-state index in [2.05, 4.69) is 14.9 Å². The molecule has 2 aromatic rings. The Bertz CT molecular complexity index is 1020. The molecule has 9 heteroatoms. The molecule has 0 spiro atoms. The van der Waals surface area contributed by atoms with Crippen LogP contribution < -0.4 is 10.0 Å². The van der Waals surface area contributed by atoms with Crippen molar-refractivity contribution in [2.45, 2.75) is 36.7 Å². The Morgan fingerprint density at radius 3 is 2.38 bits per heavy atom. The Morgan fingerprint density at radius 2 is 1.75 bits per heavy atom. The van der Waals surface area contributed by atoms with E-state index < -0.39 is 10.0 Å². The lowest BCUT2D eigenvalue weighted by Gasteiger charge is -2.26. The number of nitrogens with one attached hydrogen (secondary N) is 2. The Morgan fingerprint density at radius 1 is 1.09 bits per heavy atom. The van der Waals surface area contributed by atoms with Gasteiger partial charge in [0.1, 0.15) is 0 Å². The molecule has 2 N–H and O–H groups in total. The summed E-state index contributed by atoms with van der Waals surface area (Å²) in [6, 6.07) is 12.8. The van der Waals surface area contributed by atoms with Gasteiger partial charge in [-0.25, -0.2) is 13.1 Å². The molecule has 1 aliphatic rings. The van der Waals surface area contributed by atoms with E-state index in [0.29, 0.717) is 5.69 Å². The Balaban J connectivity index is 1.64. The van der Waals surface area contributed by atoms with Crippen LogP contribution in [0.25, 0.3) is 0 Å². The Hall–Kier alpha value is -1.91. The van der Waals surface area contributed by atoms with E-state index in [9.17, 15) is 13.2 Å². The maximum atomic E-state index is 12.9. The topological polar surface area (TPSA) is 87.7 Å². The van der Waals surface area contributed by atoms with E-state index >= 15 is 0 Å². The first-order chi connectivity index (χ1) is 15.3. The third kappa shape index (κ3) is 6.79. The molecule has 0 aromatic heterocycles. The van der Waals surface area contributed by atoms with Gasteiger partial charge in [-0.05, 0) is 35.6 Å². The van der Waals surface area contributed by atoms with Gasteiger partial charge in [0.05, 0.1) is 23.8 Å². The molecule has 0 bridgehead atoms. The summed E-state index contributed by atoms with van der Waals surface area (Å²) in [6.45, 7) is 8.03. The van der Waals surface area contributed by atoms with E-state index in [4.69, 9.17) is 4.74 Å². The van der Waals surface area contributed by atoms with Gasteiger partial charge in [0.25, 0.3) is 0 Å². The van der Waals surface area contributed by atoms with Crippen LogP contribution in [0.3, 0.4) is 0 Å². The Kier molecular flexibility index (Phi) is 8.72. The van der Waals surface area contributed by atoms with Gasteiger partial charge >= 0.3 is 0 Å². The van der Waals surface area contributed by atoms with E-state index in [1.165, 1.54) is 23.4 Å². The van der Waals surface area contributed by atoms with Gasteiger partial charge in [-0.15, -0.1) is 11.8 Å². The van der Waals surface area contributed by atoms with Crippen molar-refractivity contribution in [1.29, 1.82) is 0 Å². The van der Waals surface area contributed by atoms with Crippen LogP contribution in [0.2, 0.25) is 0 Å². The van der Waals surface area contributed by atoms with E-state index in [0.717, 1.165) is 43.3 Å². The molecule has 1 amide bonds. The molecule has 1 heterocycles. The number of morpholine rings is 1. The van der Waals surface area contributed by atoms with Crippen LogP contribution in [-0.4, -0.2) is 51.8 Å². The fraction of sp³-hybridized carbons (Fsp3) is 0.435. The van der Waals surface area contributed by atoms with Gasteiger partial charge in [0.15, 0.2) is 0 Å². The van der Waals surface area contributed by atoms with Crippen molar-refractivity contribution in [2.24, 2.45) is 5.92 Å². The van der Waals surface area contributed by atoms with Gasteiger partial charge in [-0.3, -0.25) is 9.69 Å². The standard InChI is InChI=1S/C23H31N3O4S2/c1-17(2)23(27)25-21-14-20(8-9-22(21)31-3)32(28,29)24-15-18-4-6-19(7-5-18)16-26-10-12-30-13-11-26/h4-9,14,17,24H,10-13,15-16H2,1-3H3,(H,25,27). The molecule has 174 valence electrons. The van der Waals surface area contributed by atoms with Crippen LogP contribution in [0, 0.1) is 5.92 Å². The van der Waals surface area contributed by atoms with E-state index in [1.807, 2.05) is 30.5 Å². The second-order valence-electron chi connectivity index (χ2n) is 8.04. The number of amides is 1. The fourth-order valence-electron chi connectivity index (χ4n) is 3.27. The van der Waals surface area contributed by atoms with Crippen LogP contribution in [0.15, 0.2) is 52.3 Å². The van der Waals surface area contributed by atoms with Gasteiger partial charge in [-0.1, -0.05) is 38.1 Å². The normalized spacial score (nSPS) is 15.1. The maximum absolute atomic E-state index is 12.9. The van der Waals surface area contributed by atoms with Crippen molar-refractivity contribution in [3.05, 3.63) is 53.6 Å². The number of rotatable bonds is 9. The summed E-state index contributed by atoms with van der Waals surface area (Å²) in [6.07, 6.45) is 1.88. The summed E-state index contributed by atoms with van der Waals surface area (Å²) < 4.78 is 33.8. The predicted octanol–water partition coefficient (Wildman–Crippen LogP) is 3.31. The minimum atomic E-state index is -3.73. The summed E-state index contributed by atoms with van der Waals surface area (Å²) in [7, 11) is -3.73. The molecular formula is C23H31N3O4S2. The smallest absolute Gasteiger partial charge is 0.240 e. The lowest BCUT2D eigenvalue weighted by Crippen LogP contribution is -2.35. The highest BCUT2D eigenvalue weighted by molar-refractivity contribution is 7.98. The average Bonchev–Trinajstić information content (AvgIpc) is 2.79. The first-order valence-electron chi connectivity index (χ1n) is 10.6. The number of carbonyl (C=O) groups excluding carboxylic acids is 1. The van der Waals surface area contributed by atoms with Crippen molar-refractivity contribution >= 4 is 33.4 Å². The number of thioether (sulfide) groups is 1. The average molecular weight is 478 g/mol. The highest BCUT2D eigenvalue weighted by atomic mass is 32.2. The molecular weight excluding hydrogens is 446 g/mol. The second kappa shape index (κ2) is 11.3. The quantitative estimate of drug-likeness (QED) is 0.539. The maximum Gasteiger partial charge on any atom is 0.240 e. The predicted molar refractivity (Wildman–Crippen MR) is 128 cm³/mol. The summed E-state index contributed by atoms with van der Waals surface area (Å²) >= 11 is 1.45. The number of sulfonamides is 1. The number of anilines is 1. The number of hydrogen-bond acceptors (Lipinski definition) is 6. The molecule has 2 aromatic carbocycles. The summed E-state index contributed by atoms with van der Waals surface area (Å²) in [5.41, 5.74) is 2.58. The van der Waals surface area contributed by atoms with E-state index in [1.54, 1.807) is 26.0 Å². The molecule has 3 rings (SSSR count). The van der Waals surface area contributed by atoms with Crippen LogP contribution in [-0.2, 0) is 32.6 Å². The molecule has 0 aliphatic carbocycles. The molecule has 1 saturated heterocycles. The summed E-state index contributed by atoms with van der Waals surface area (Å²) in [4.78, 5) is 15.4. The first-order valence-corrected chi connectivity index (χ1v) is 13.4. The highest BCUT2D eigenvalue weighted by Crippen LogP contribution is 2.28. The molecule has 1 fully saturated rings. The van der Waals surface area contributed by atoms with Gasteiger partial charge < -0.3 is 10.1 Å².